The smallest absolute Gasteiger partial charge is 0.243 e. The molecule has 1 fully saturated rings. The molecule has 2 N–H and O–H groups in total. The number of nitrogens with zero attached hydrogens (tertiary/aromatic N) is 3. The molecule has 0 aliphatic carbocycles. The maximum Gasteiger partial charge on any atom is 0.243 e. The summed E-state index contributed by atoms with van der Waals surface area (Å²) in [5.41, 5.74) is 5.20. The van der Waals surface area contributed by atoms with Crippen LogP contribution in [-0.2, 0) is 29.6 Å². The third-order valence-corrected chi connectivity index (χ3v) is 9.79. The van der Waals surface area contributed by atoms with E-state index in [9.17, 15) is 30.4 Å². The number of carbonyl (C=O) groups is 1. The van der Waals surface area contributed by atoms with Crippen LogP contribution in [0.1, 0.15) is 0 Å². The number of benzene rings is 2. The number of rotatable bonds is 13. The lowest BCUT2D eigenvalue weighted by atomic mass is 10.3. The van der Waals surface area contributed by atoms with Gasteiger partial charge in [0, 0.05) is 44.8 Å². The Morgan fingerprint density at radius 1 is 1.08 bits per heavy atom. The minimum Gasteiger partial charge on any atom is -0.451 e. The maximum atomic E-state index is 14.8. The van der Waals surface area contributed by atoms with Gasteiger partial charge in [-0.3, -0.25) is 9.69 Å². The highest BCUT2D eigenvalue weighted by atomic mass is 35.5. The molecule has 2 aromatic carbocycles. The molecule has 0 atom stereocenters. The second-order valence-electron chi connectivity index (χ2n) is 8.67. The molecule has 0 bridgehead atoms. The Labute approximate surface area is 231 Å². The van der Waals surface area contributed by atoms with Gasteiger partial charge in [0.15, 0.2) is 17.4 Å². The summed E-state index contributed by atoms with van der Waals surface area (Å²) in [5.74, 6) is -4.67. The van der Waals surface area contributed by atoms with E-state index in [-0.39, 0.29) is 24.6 Å². The summed E-state index contributed by atoms with van der Waals surface area (Å²) in [6, 6.07) is 6.69. The van der Waals surface area contributed by atoms with E-state index in [1.165, 1.54) is 31.3 Å². The zero-order valence-electron chi connectivity index (χ0n) is 21.1. The summed E-state index contributed by atoms with van der Waals surface area (Å²) < 4.78 is 93.4. The number of sulfonamides is 2. The van der Waals surface area contributed by atoms with E-state index in [4.69, 9.17) is 26.8 Å². The van der Waals surface area contributed by atoms with Crippen LogP contribution in [0, 0.1) is 11.6 Å². The minimum absolute atomic E-state index is 0.0565. The Kier molecular flexibility index (Phi) is 10.6. The Bertz CT molecular complexity index is 1350. The Morgan fingerprint density at radius 2 is 1.67 bits per heavy atom. The van der Waals surface area contributed by atoms with Crippen LogP contribution in [0.25, 0.3) is 0 Å². The van der Waals surface area contributed by atoms with Crippen LogP contribution in [0.2, 0.25) is 5.02 Å². The molecule has 2 aromatic rings. The van der Waals surface area contributed by atoms with Crippen molar-refractivity contribution in [3.05, 3.63) is 53.1 Å². The first-order valence-electron chi connectivity index (χ1n) is 11.7. The molecule has 0 radical (unpaired) electrons. The van der Waals surface area contributed by atoms with E-state index >= 15 is 0 Å². The van der Waals surface area contributed by atoms with Gasteiger partial charge in [-0.2, -0.15) is 4.31 Å². The van der Waals surface area contributed by atoms with E-state index in [2.05, 4.69) is 0 Å². The minimum atomic E-state index is -4.67. The molecule has 1 saturated heterocycles. The Hall–Kier alpha value is -2.40. The summed E-state index contributed by atoms with van der Waals surface area (Å²) in [7, 11) is -7.18. The normalized spacial score (nSPS) is 15.1. The topological polar surface area (TPSA) is 140 Å². The summed E-state index contributed by atoms with van der Waals surface area (Å²) in [4.78, 5) is 12.7. The molecule has 0 aromatic heterocycles. The molecule has 39 heavy (non-hydrogen) atoms. The van der Waals surface area contributed by atoms with E-state index in [0.29, 0.717) is 47.8 Å². The molecular weight excluding hydrogens is 582 g/mol. The number of carbonyl (C=O) groups excluding carboxylic acids is 1. The number of nitrogens with two attached hydrogens (primary N) is 1. The lowest BCUT2D eigenvalue weighted by molar-refractivity contribution is -0.118. The molecule has 0 saturated carbocycles. The van der Waals surface area contributed by atoms with Gasteiger partial charge in [0.2, 0.25) is 26.0 Å². The lowest BCUT2D eigenvalue weighted by Gasteiger charge is -2.28. The van der Waals surface area contributed by atoms with Crippen LogP contribution in [0.3, 0.4) is 0 Å². The van der Waals surface area contributed by atoms with Crippen molar-refractivity contribution < 1.29 is 39.9 Å². The Balaban J connectivity index is 1.74. The van der Waals surface area contributed by atoms with E-state index in [0.717, 1.165) is 4.31 Å². The van der Waals surface area contributed by atoms with Crippen molar-refractivity contribution in [2.24, 2.45) is 5.73 Å². The van der Waals surface area contributed by atoms with Gasteiger partial charge < -0.3 is 15.2 Å². The zero-order valence-corrected chi connectivity index (χ0v) is 23.4. The number of hydrogen-bond acceptors (Lipinski definition) is 8. The number of hydrogen-bond donors (Lipinski definition) is 1. The summed E-state index contributed by atoms with van der Waals surface area (Å²) >= 11 is 5.78. The predicted octanol–water partition coefficient (Wildman–Crippen LogP) is 1.48. The first-order valence-corrected chi connectivity index (χ1v) is 15.2. The quantitative estimate of drug-likeness (QED) is 0.360. The first-order chi connectivity index (χ1) is 18.3. The highest BCUT2D eigenvalue weighted by molar-refractivity contribution is 7.89. The number of primary amides is 1. The van der Waals surface area contributed by atoms with Crippen molar-refractivity contribution >= 4 is 37.6 Å². The van der Waals surface area contributed by atoms with E-state index in [1.807, 2.05) is 4.90 Å². The fourth-order valence-electron chi connectivity index (χ4n) is 3.63. The van der Waals surface area contributed by atoms with Crippen molar-refractivity contribution in [2.75, 3.05) is 65.3 Å². The van der Waals surface area contributed by atoms with Crippen molar-refractivity contribution in [2.45, 2.75) is 4.90 Å². The van der Waals surface area contributed by atoms with Crippen LogP contribution in [0.4, 0.5) is 8.78 Å². The third-order valence-electron chi connectivity index (χ3n) is 5.88. The second-order valence-corrected chi connectivity index (χ2v) is 13.2. The molecule has 216 valence electrons. The van der Waals surface area contributed by atoms with Crippen LogP contribution < -0.4 is 10.5 Å². The lowest BCUT2D eigenvalue weighted by Crippen LogP contribution is -2.45. The van der Waals surface area contributed by atoms with Gasteiger partial charge in [0.25, 0.3) is 0 Å². The van der Waals surface area contributed by atoms with E-state index < -0.39 is 61.3 Å². The molecular formula is C23H29ClF2N4O7S2. The standard InChI is InChI=1S/C23H29ClF2N4O7S2/c1-28(38(32,33)13-10-29-8-11-36-12-9-29)6-7-30(16-22(27)31)39(34,35)19-14-20(25)23(21(26)15-19)37-18-4-2-17(24)3-5-18/h2-5,14-15H,6-13,16H2,1H3,(H2,27,31). The summed E-state index contributed by atoms with van der Waals surface area (Å²) in [6.45, 7) is 0.807. The van der Waals surface area contributed by atoms with Crippen LogP contribution in [0.5, 0.6) is 11.5 Å². The van der Waals surface area contributed by atoms with Gasteiger partial charge in [-0.1, -0.05) is 11.6 Å². The Morgan fingerprint density at radius 3 is 2.23 bits per heavy atom. The SMILES string of the molecule is CN(CCN(CC(N)=O)S(=O)(=O)c1cc(F)c(Oc2ccc(Cl)cc2)c(F)c1)S(=O)(=O)CCN1CCOCC1. The largest absolute Gasteiger partial charge is 0.451 e. The summed E-state index contributed by atoms with van der Waals surface area (Å²) in [6.07, 6.45) is 0. The van der Waals surface area contributed by atoms with Gasteiger partial charge in [-0.15, -0.1) is 0 Å². The number of halogens is 3. The molecule has 0 spiro atoms. The molecule has 11 nitrogen and oxygen atoms in total. The third kappa shape index (κ3) is 8.54. The van der Waals surface area contributed by atoms with Gasteiger partial charge in [0.1, 0.15) is 5.75 Å². The second kappa shape index (κ2) is 13.3. The molecule has 16 heteroatoms. The van der Waals surface area contributed by atoms with E-state index in [1.54, 1.807) is 0 Å². The predicted molar refractivity (Wildman–Crippen MR) is 140 cm³/mol. The highest BCUT2D eigenvalue weighted by Gasteiger charge is 2.30. The molecule has 0 unspecified atom stereocenters. The van der Waals surface area contributed by atoms with Gasteiger partial charge >= 0.3 is 0 Å². The van der Waals surface area contributed by atoms with Crippen LogP contribution in [-0.4, -0.2) is 102 Å². The zero-order chi connectivity index (χ0) is 28.8. The molecule has 1 aliphatic heterocycles. The highest BCUT2D eigenvalue weighted by Crippen LogP contribution is 2.31. The molecule has 1 amide bonds. The number of amides is 1. The van der Waals surface area contributed by atoms with Crippen LogP contribution in [0.15, 0.2) is 41.3 Å². The fraction of sp³-hybridized carbons (Fsp3) is 0.435. The average molecular weight is 611 g/mol. The fourth-order valence-corrected chi connectivity index (χ4v) is 6.34. The monoisotopic (exact) mass is 610 g/mol. The molecule has 1 heterocycles. The van der Waals surface area contributed by atoms with Gasteiger partial charge in [-0.25, -0.2) is 29.9 Å². The number of ether oxygens (including phenoxy) is 2. The van der Waals surface area contributed by atoms with Gasteiger partial charge in [-0.05, 0) is 36.4 Å². The molecule has 3 rings (SSSR count). The number of morpholine rings is 1. The van der Waals surface area contributed by atoms with Crippen molar-refractivity contribution in [1.82, 2.24) is 13.5 Å². The van der Waals surface area contributed by atoms with Crippen molar-refractivity contribution in [1.29, 1.82) is 0 Å². The average Bonchev–Trinajstić information content (AvgIpc) is 2.88. The number of likely N-dealkylation sites (N-methyl/N-ethyl adjacent to an activating group) is 1. The maximum absolute atomic E-state index is 14.8. The van der Waals surface area contributed by atoms with Crippen molar-refractivity contribution in [3.8, 4) is 11.5 Å². The van der Waals surface area contributed by atoms with Crippen LogP contribution >= 0.6 is 11.6 Å². The first kappa shape index (κ1) is 31.1. The van der Waals surface area contributed by atoms with Gasteiger partial charge in [0.05, 0.1) is 30.4 Å². The molecule has 1 aliphatic rings. The van der Waals surface area contributed by atoms with Crippen molar-refractivity contribution in [3.63, 3.8) is 0 Å². The summed E-state index contributed by atoms with van der Waals surface area (Å²) in [5, 5.41) is 0.370.